The maximum atomic E-state index is 12.5. The molecule has 0 N–H and O–H groups in total. The van der Waals surface area contributed by atoms with E-state index in [-0.39, 0.29) is 17.9 Å². The third-order valence-corrected chi connectivity index (χ3v) is 6.93. The van der Waals surface area contributed by atoms with Gasteiger partial charge in [-0.05, 0) is 37.0 Å². The quantitative estimate of drug-likeness (QED) is 0.0986. The van der Waals surface area contributed by atoms with Crippen LogP contribution in [0.15, 0.2) is 0 Å². The van der Waals surface area contributed by atoms with Crippen molar-refractivity contribution in [2.45, 2.75) is 151 Å². The zero-order chi connectivity index (χ0) is 26.3. The molecule has 2 unspecified atom stereocenters. The van der Waals surface area contributed by atoms with E-state index in [4.69, 9.17) is 9.47 Å². The van der Waals surface area contributed by atoms with Gasteiger partial charge in [-0.1, -0.05) is 125 Å². The van der Waals surface area contributed by atoms with Crippen molar-refractivity contribution in [2.24, 2.45) is 23.7 Å². The largest absolute Gasteiger partial charge is 0.465 e. The number of rotatable bonds is 24. The van der Waals surface area contributed by atoms with Gasteiger partial charge in [0.05, 0.1) is 19.1 Å². The molecule has 0 aromatic rings. The number of hydrogen-bond acceptors (Lipinski definition) is 4. The topological polar surface area (TPSA) is 52.6 Å². The summed E-state index contributed by atoms with van der Waals surface area (Å²) in [6.45, 7) is 13.7. The summed E-state index contributed by atoms with van der Waals surface area (Å²) in [4.78, 5) is 24.0. The molecule has 0 aliphatic heterocycles. The fourth-order valence-electron chi connectivity index (χ4n) is 4.69. The second-order valence-electron chi connectivity index (χ2n) is 11.4. The van der Waals surface area contributed by atoms with Gasteiger partial charge in [-0.25, -0.2) is 0 Å². The third-order valence-electron chi connectivity index (χ3n) is 6.93. The molecule has 35 heavy (non-hydrogen) atoms. The lowest BCUT2D eigenvalue weighted by Crippen LogP contribution is -2.26. The highest BCUT2D eigenvalue weighted by Gasteiger charge is 2.26. The number of hydrogen-bond donors (Lipinski definition) is 0. The molecular formula is C31H60O4. The number of unbranched alkanes of at least 4 members (excludes halogenated alkanes) is 12. The van der Waals surface area contributed by atoms with Crippen molar-refractivity contribution in [1.29, 1.82) is 0 Å². The Kier molecular flexibility index (Phi) is 22.6. The van der Waals surface area contributed by atoms with E-state index < -0.39 is 0 Å². The number of esters is 2. The summed E-state index contributed by atoms with van der Waals surface area (Å²) in [5, 5.41) is 0. The van der Waals surface area contributed by atoms with Gasteiger partial charge in [0.1, 0.15) is 0 Å². The van der Waals surface area contributed by atoms with E-state index in [1.165, 1.54) is 70.6 Å². The molecule has 2 atom stereocenters. The second kappa shape index (κ2) is 23.3. The van der Waals surface area contributed by atoms with Gasteiger partial charge in [0, 0.05) is 6.42 Å². The van der Waals surface area contributed by atoms with E-state index in [0.717, 1.165) is 32.1 Å². The van der Waals surface area contributed by atoms with Crippen molar-refractivity contribution in [2.75, 3.05) is 13.2 Å². The number of ether oxygens (including phenoxy) is 2. The molecule has 0 amide bonds. The van der Waals surface area contributed by atoms with Gasteiger partial charge in [0.2, 0.25) is 0 Å². The van der Waals surface area contributed by atoms with E-state index in [2.05, 4.69) is 41.5 Å². The Labute approximate surface area is 218 Å². The van der Waals surface area contributed by atoms with Crippen LogP contribution in [0.4, 0.5) is 0 Å². The van der Waals surface area contributed by atoms with Crippen LogP contribution in [-0.2, 0) is 19.1 Å². The first-order chi connectivity index (χ1) is 16.8. The van der Waals surface area contributed by atoms with Crippen LogP contribution in [0.1, 0.15) is 151 Å². The van der Waals surface area contributed by atoms with Gasteiger partial charge >= 0.3 is 11.9 Å². The first-order valence-electron chi connectivity index (χ1n) is 15.1. The van der Waals surface area contributed by atoms with Gasteiger partial charge in [0.15, 0.2) is 0 Å². The monoisotopic (exact) mass is 496 g/mol. The SMILES string of the molecule is CCC(CCCCCCCCCCCCCCCC(=O)OCC(C)C)C(CC)C(=O)OCC(C)C. The van der Waals surface area contributed by atoms with E-state index in [1.54, 1.807) is 0 Å². The van der Waals surface area contributed by atoms with Crippen molar-refractivity contribution in [3.63, 3.8) is 0 Å². The maximum Gasteiger partial charge on any atom is 0.309 e. The van der Waals surface area contributed by atoms with Crippen molar-refractivity contribution in [1.82, 2.24) is 0 Å². The molecule has 0 heterocycles. The average molecular weight is 497 g/mol. The minimum Gasteiger partial charge on any atom is -0.465 e. The molecule has 0 aliphatic carbocycles. The minimum atomic E-state index is -0.0316. The first kappa shape index (κ1) is 33.9. The smallest absolute Gasteiger partial charge is 0.309 e. The molecule has 0 aliphatic rings. The zero-order valence-electron chi connectivity index (χ0n) is 24.4. The minimum absolute atomic E-state index is 0.0230. The molecule has 0 fully saturated rings. The predicted octanol–water partition coefficient (Wildman–Crippen LogP) is 9.29. The van der Waals surface area contributed by atoms with E-state index in [1.807, 2.05) is 0 Å². The molecule has 0 bridgehead atoms. The standard InChI is InChI=1S/C31H60O4/c1-7-28(29(8-2)31(33)35-25-27(5)6)22-20-18-16-14-12-10-9-11-13-15-17-19-21-23-30(32)34-24-26(3)4/h26-29H,7-25H2,1-6H3. The maximum absolute atomic E-state index is 12.5. The van der Waals surface area contributed by atoms with Crippen molar-refractivity contribution >= 4 is 11.9 Å². The van der Waals surface area contributed by atoms with Crippen molar-refractivity contribution in [3.05, 3.63) is 0 Å². The Bertz CT molecular complexity index is 500. The highest BCUT2D eigenvalue weighted by molar-refractivity contribution is 5.72. The Balaban J connectivity index is 3.58. The van der Waals surface area contributed by atoms with Crippen LogP contribution in [0.25, 0.3) is 0 Å². The van der Waals surface area contributed by atoms with Crippen LogP contribution >= 0.6 is 0 Å². The molecule has 4 nitrogen and oxygen atoms in total. The second-order valence-corrected chi connectivity index (χ2v) is 11.4. The Morgan fingerprint density at radius 1 is 0.571 bits per heavy atom. The highest BCUT2D eigenvalue weighted by atomic mass is 16.5. The molecule has 4 heteroatoms. The highest BCUT2D eigenvalue weighted by Crippen LogP contribution is 2.27. The van der Waals surface area contributed by atoms with Crippen LogP contribution in [0.2, 0.25) is 0 Å². The van der Waals surface area contributed by atoms with Gasteiger partial charge in [0.25, 0.3) is 0 Å². The molecule has 0 aromatic heterocycles. The predicted molar refractivity (Wildman–Crippen MR) is 148 cm³/mol. The molecule has 0 saturated carbocycles. The van der Waals surface area contributed by atoms with E-state index in [0.29, 0.717) is 37.4 Å². The molecule has 0 spiro atoms. The molecule has 0 saturated heterocycles. The van der Waals surface area contributed by atoms with E-state index in [9.17, 15) is 9.59 Å². The van der Waals surface area contributed by atoms with Crippen molar-refractivity contribution in [3.8, 4) is 0 Å². The summed E-state index contributed by atoms with van der Waals surface area (Å²) in [5.74, 6) is 1.36. The lowest BCUT2D eigenvalue weighted by molar-refractivity contribution is -0.152. The van der Waals surface area contributed by atoms with Gasteiger partial charge in [-0.15, -0.1) is 0 Å². The first-order valence-corrected chi connectivity index (χ1v) is 15.1. The molecule has 0 radical (unpaired) electrons. The summed E-state index contributed by atoms with van der Waals surface area (Å²) in [6, 6.07) is 0. The summed E-state index contributed by atoms with van der Waals surface area (Å²) in [6.07, 6.45) is 20.3. The molecule has 208 valence electrons. The van der Waals surface area contributed by atoms with Crippen LogP contribution in [-0.4, -0.2) is 25.2 Å². The lowest BCUT2D eigenvalue weighted by Gasteiger charge is -2.24. The zero-order valence-corrected chi connectivity index (χ0v) is 24.4. The number of carbonyl (C=O) groups excluding carboxylic acids is 2. The average Bonchev–Trinajstić information content (AvgIpc) is 2.82. The molecule has 0 aromatic carbocycles. The third kappa shape index (κ3) is 20.8. The van der Waals surface area contributed by atoms with Crippen LogP contribution in [0, 0.1) is 23.7 Å². The van der Waals surface area contributed by atoms with Crippen LogP contribution in [0.5, 0.6) is 0 Å². The normalized spacial score (nSPS) is 13.3. The lowest BCUT2D eigenvalue weighted by atomic mass is 9.84. The van der Waals surface area contributed by atoms with Gasteiger partial charge in [-0.2, -0.15) is 0 Å². The summed E-state index contributed by atoms with van der Waals surface area (Å²) in [7, 11) is 0. The fraction of sp³-hybridized carbons (Fsp3) is 0.935. The Morgan fingerprint density at radius 3 is 1.43 bits per heavy atom. The number of carbonyl (C=O) groups is 2. The molecule has 0 rings (SSSR count). The van der Waals surface area contributed by atoms with Crippen molar-refractivity contribution < 1.29 is 19.1 Å². The van der Waals surface area contributed by atoms with Crippen LogP contribution < -0.4 is 0 Å². The summed E-state index contributed by atoms with van der Waals surface area (Å²) >= 11 is 0. The Hall–Kier alpha value is -1.06. The van der Waals surface area contributed by atoms with Gasteiger partial charge in [-0.3, -0.25) is 9.59 Å². The van der Waals surface area contributed by atoms with E-state index >= 15 is 0 Å². The fourth-order valence-corrected chi connectivity index (χ4v) is 4.69. The molecular weight excluding hydrogens is 436 g/mol. The summed E-state index contributed by atoms with van der Waals surface area (Å²) in [5.41, 5.74) is 0. The van der Waals surface area contributed by atoms with Crippen LogP contribution in [0.3, 0.4) is 0 Å². The van der Waals surface area contributed by atoms with Gasteiger partial charge < -0.3 is 9.47 Å². The Morgan fingerprint density at radius 2 is 1.00 bits per heavy atom. The summed E-state index contributed by atoms with van der Waals surface area (Å²) < 4.78 is 10.7.